The molecule has 0 unspecified atom stereocenters. The molecule has 32 heavy (non-hydrogen) atoms. The highest BCUT2D eigenvalue weighted by molar-refractivity contribution is 7.26. The summed E-state index contributed by atoms with van der Waals surface area (Å²) in [6.45, 7) is 0. The number of benzene rings is 5. The van der Waals surface area contributed by atoms with Crippen LogP contribution >= 0.6 is 22.7 Å². The summed E-state index contributed by atoms with van der Waals surface area (Å²) in [4.78, 5) is 0. The van der Waals surface area contributed by atoms with Crippen LogP contribution in [0, 0.1) is 0 Å². The van der Waals surface area contributed by atoms with Gasteiger partial charge in [-0.2, -0.15) is 0 Å². The topological polar surface area (TPSA) is 0 Å². The van der Waals surface area contributed by atoms with Crippen LogP contribution in [0.15, 0.2) is 109 Å². The molecule has 0 saturated carbocycles. The molecule has 7 rings (SSSR count). The van der Waals surface area contributed by atoms with Crippen molar-refractivity contribution >= 4 is 63.0 Å². The lowest BCUT2D eigenvalue weighted by Crippen LogP contribution is -1.82. The van der Waals surface area contributed by atoms with E-state index in [1.54, 1.807) is 0 Å². The van der Waals surface area contributed by atoms with Gasteiger partial charge in [0.15, 0.2) is 0 Å². The number of hydrogen-bond acceptors (Lipinski definition) is 2. The number of thiophene rings is 2. The first kappa shape index (κ1) is 18.1. The number of hydrogen-bond donors (Lipinski definition) is 0. The fraction of sp³-hybridized carbons (Fsp3) is 0. The van der Waals surface area contributed by atoms with Crippen LogP contribution in [0.3, 0.4) is 0 Å². The first-order valence-corrected chi connectivity index (χ1v) is 12.4. The maximum Gasteiger partial charge on any atom is 0.0433 e. The molecule has 0 N–H and O–H groups in total. The van der Waals surface area contributed by atoms with E-state index in [2.05, 4.69) is 109 Å². The van der Waals surface area contributed by atoms with Gasteiger partial charge in [0.2, 0.25) is 0 Å². The molecule has 0 amide bonds. The molecule has 0 spiro atoms. The fourth-order valence-corrected chi connectivity index (χ4v) is 7.28. The highest BCUT2D eigenvalue weighted by atomic mass is 32.1. The van der Waals surface area contributed by atoms with E-state index in [9.17, 15) is 0 Å². The van der Waals surface area contributed by atoms with Crippen LogP contribution in [0.5, 0.6) is 0 Å². The molecule has 0 aliphatic rings. The van der Waals surface area contributed by atoms with Crippen LogP contribution in [0.2, 0.25) is 0 Å². The van der Waals surface area contributed by atoms with Crippen LogP contribution in [0.4, 0.5) is 0 Å². The molecule has 2 heterocycles. The average molecular weight is 443 g/mol. The Labute approximate surface area is 194 Å². The Bertz CT molecular complexity index is 1650. The molecule has 5 aromatic carbocycles. The largest absolute Gasteiger partial charge is 0.135 e. The Hall–Kier alpha value is -3.46. The van der Waals surface area contributed by atoms with Gasteiger partial charge in [0, 0.05) is 40.3 Å². The molecule has 0 atom stereocenters. The summed E-state index contributed by atoms with van der Waals surface area (Å²) >= 11 is 3.78. The minimum Gasteiger partial charge on any atom is -0.135 e. The van der Waals surface area contributed by atoms with Crippen molar-refractivity contribution in [3.8, 4) is 22.3 Å². The number of rotatable bonds is 2. The third kappa shape index (κ3) is 2.67. The third-order valence-electron chi connectivity index (χ3n) is 6.29. The normalized spacial score (nSPS) is 11.8. The van der Waals surface area contributed by atoms with E-state index < -0.39 is 0 Å². The number of fused-ring (bicyclic) bond motifs is 6. The Morgan fingerprint density at radius 3 is 1.34 bits per heavy atom. The summed E-state index contributed by atoms with van der Waals surface area (Å²) in [5.41, 5.74) is 5.18. The second kappa shape index (κ2) is 7.03. The van der Waals surface area contributed by atoms with Crippen molar-refractivity contribution in [2.24, 2.45) is 0 Å². The first-order chi connectivity index (χ1) is 15.9. The van der Waals surface area contributed by atoms with Crippen molar-refractivity contribution in [1.82, 2.24) is 0 Å². The summed E-state index contributed by atoms with van der Waals surface area (Å²) in [7, 11) is 0. The molecule has 2 aromatic heterocycles. The highest BCUT2D eigenvalue weighted by Crippen LogP contribution is 2.43. The highest BCUT2D eigenvalue weighted by Gasteiger charge is 2.13. The van der Waals surface area contributed by atoms with Gasteiger partial charge in [0.05, 0.1) is 0 Å². The second-order valence-electron chi connectivity index (χ2n) is 8.14. The molecule has 0 radical (unpaired) electrons. The van der Waals surface area contributed by atoms with Crippen molar-refractivity contribution in [3.63, 3.8) is 0 Å². The molecule has 2 heteroatoms. The lowest BCUT2D eigenvalue weighted by molar-refractivity contribution is 1.65. The zero-order chi connectivity index (χ0) is 21.1. The molecular weight excluding hydrogens is 424 g/mol. The Morgan fingerprint density at radius 2 is 0.812 bits per heavy atom. The quantitative estimate of drug-likeness (QED) is 0.250. The van der Waals surface area contributed by atoms with Gasteiger partial charge in [-0.15, -0.1) is 22.7 Å². The summed E-state index contributed by atoms with van der Waals surface area (Å²) in [5.74, 6) is 0. The standard InChI is InChI=1S/C30H18S2/c1-3-16-27-23(10-1)25-14-6-12-21(29(25)31-27)19-8-5-9-20(18-19)22-13-7-15-26-24-11-2-4-17-28(24)32-30(22)26/h1-18H. The molecule has 0 saturated heterocycles. The molecule has 7 aromatic rings. The monoisotopic (exact) mass is 442 g/mol. The summed E-state index contributed by atoms with van der Waals surface area (Å²) in [6.07, 6.45) is 0. The van der Waals surface area contributed by atoms with Crippen LogP contribution in [0.25, 0.3) is 62.6 Å². The SMILES string of the molecule is c1cc(-c2cccc3c2sc2ccccc23)cc(-c2cccc3c2sc2ccccc23)c1. The van der Waals surface area contributed by atoms with E-state index in [1.165, 1.54) is 62.6 Å². The van der Waals surface area contributed by atoms with Crippen molar-refractivity contribution in [2.75, 3.05) is 0 Å². The van der Waals surface area contributed by atoms with Crippen molar-refractivity contribution < 1.29 is 0 Å². The molecule has 150 valence electrons. The zero-order valence-electron chi connectivity index (χ0n) is 17.2. The van der Waals surface area contributed by atoms with Crippen LogP contribution in [-0.4, -0.2) is 0 Å². The molecule has 0 nitrogen and oxygen atoms in total. The van der Waals surface area contributed by atoms with E-state index >= 15 is 0 Å². The van der Waals surface area contributed by atoms with Crippen LogP contribution in [0.1, 0.15) is 0 Å². The maximum absolute atomic E-state index is 2.36. The summed E-state index contributed by atoms with van der Waals surface area (Å²) in [5, 5.41) is 5.39. The van der Waals surface area contributed by atoms with Crippen LogP contribution < -0.4 is 0 Å². The predicted molar refractivity (Wildman–Crippen MR) is 143 cm³/mol. The third-order valence-corrected chi connectivity index (χ3v) is 8.73. The molecule has 0 fully saturated rings. The minimum absolute atomic E-state index is 1.28. The Morgan fingerprint density at radius 1 is 0.375 bits per heavy atom. The Balaban J connectivity index is 1.45. The van der Waals surface area contributed by atoms with Gasteiger partial charge in [0.25, 0.3) is 0 Å². The average Bonchev–Trinajstić information content (AvgIpc) is 3.42. The minimum atomic E-state index is 1.28. The van der Waals surface area contributed by atoms with E-state index in [1.807, 2.05) is 22.7 Å². The van der Waals surface area contributed by atoms with Crippen LogP contribution in [-0.2, 0) is 0 Å². The van der Waals surface area contributed by atoms with E-state index in [4.69, 9.17) is 0 Å². The lowest BCUT2D eigenvalue weighted by atomic mass is 9.97. The van der Waals surface area contributed by atoms with Gasteiger partial charge in [-0.3, -0.25) is 0 Å². The first-order valence-electron chi connectivity index (χ1n) is 10.8. The van der Waals surface area contributed by atoms with Gasteiger partial charge in [-0.1, -0.05) is 91.0 Å². The van der Waals surface area contributed by atoms with Crippen molar-refractivity contribution in [2.45, 2.75) is 0 Å². The summed E-state index contributed by atoms with van der Waals surface area (Å²) < 4.78 is 5.43. The van der Waals surface area contributed by atoms with Gasteiger partial charge >= 0.3 is 0 Å². The van der Waals surface area contributed by atoms with Gasteiger partial charge in [-0.25, -0.2) is 0 Å². The Kier molecular flexibility index (Phi) is 3.98. The predicted octanol–water partition coefficient (Wildman–Crippen LogP) is 9.76. The fourth-order valence-electron chi connectivity index (χ4n) is 4.80. The zero-order valence-corrected chi connectivity index (χ0v) is 18.8. The van der Waals surface area contributed by atoms with E-state index in [0.29, 0.717) is 0 Å². The van der Waals surface area contributed by atoms with E-state index in [-0.39, 0.29) is 0 Å². The van der Waals surface area contributed by atoms with E-state index in [0.717, 1.165) is 0 Å². The van der Waals surface area contributed by atoms with Gasteiger partial charge < -0.3 is 0 Å². The smallest absolute Gasteiger partial charge is 0.0433 e. The molecular formula is C30H18S2. The molecule has 0 bridgehead atoms. The summed E-state index contributed by atoms with van der Waals surface area (Å²) in [6, 6.07) is 39.9. The molecule has 0 aliphatic heterocycles. The lowest BCUT2D eigenvalue weighted by Gasteiger charge is -2.08. The van der Waals surface area contributed by atoms with Gasteiger partial charge in [-0.05, 0) is 40.5 Å². The second-order valence-corrected chi connectivity index (χ2v) is 10.2. The molecule has 0 aliphatic carbocycles. The maximum atomic E-state index is 2.36. The van der Waals surface area contributed by atoms with Crippen molar-refractivity contribution in [3.05, 3.63) is 109 Å². The van der Waals surface area contributed by atoms with Gasteiger partial charge in [0.1, 0.15) is 0 Å². The van der Waals surface area contributed by atoms with Crippen molar-refractivity contribution in [1.29, 1.82) is 0 Å².